The average molecular weight is 248 g/mol. The zero-order valence-corrected chi connectivity index (χ0v) is 10.4. The summed E-state index contributed by atoms with van der Waals surface area (Å²) in [6.07, 6.45) is 0. The molecule has 17 heavy (non-hydrogen) atoms. The Balaban J connectivity index is 2.10. The lowest BCUT2D eigenvalue weighted by molar-refractivity contribution is 0.308. The molecule has 0 aliphatic rings. The molecule has 0 atom stereocenters. The molecule has 0 aliphatic heterocycles. The SMILES string of the molecule is Cc1ccc(OCc2ccccc2Cl)c(N)c1. The first-order valence-corrected chi connectivity index (χ1v) is 5.77. The summed E-state index contributed by atoms with van der Waals surface area (Å²) in [6.45, 7) is 2.42. The van der Waals surface area contributed by atoms with E-state index in [0.29, 0.717) is 23.1 Å². The Morgan fingerprint density at radius 3 is 2.65 bits per heavy atom. The zero-order valence-electron chi connectivity index (χ0n) is 9.61. The number of ether oxygens (including phenoxy) is 1. The maximum absolute atomic E-state index is 6.04. The van der Waals surface area contributed by atoms with Crippen molar-refractivity contribution in [2.75, 3.05) is 5.73 Å². The van der Waals surface area contributed by atoms with Gasteiger partial charge in [0.15, 0.2) is 0 Å². The topological polar surface area (TPSA) is 35.2 Å². The third-order valence-electron chi connectivity index (χ3n) is 2.51. The van der Waals surface area contributed by atoms with Gasteiger partial charge < -0.3 is 10.5 Å². The predicted molar refractivity (Wildman–Crippen MR) is 71.4 cm³/mol. The van der Waals surface area contributed by atoms with Crippen LogP contribution in [0.25, 0.3) is 0 Å². The lowest BCUT2D eigenvalue weighted by atomic mass is 10.2. The Morgan fingerprint density at radius 2 is 1.94 bits per heavy atom. The highest BCUT2D eigenvalue weighted by Gasteiger charge is 2.03. The van der Waals surface area contributed by atoms with Crippen LogP contribution < -0.4 is 10.5 Å². The second-order valence-corrected chi connectivity index (χ2v) is 4.33. The summed E-state index contributed by atoms with van der Waals surface area (Å²) in [7, 11) is 0. The fourth-order valence-electron chi connectivity index (χ4n) is 1.57. The maximum Gasteiger partial charge on any atom is 0.142 e. The number of nitrogen functional groups attached to an aromatic ring is 1. The second kappa shape index (κ2) is 5.11. The van der Waals surface area contributed by atoms with Gasteiger partial charge in [-0.3, -0.25) is 0 Å². The fourth-order valence-corrected chi connectivity index (χ4v) is 1.76. The molecule has 3 heteroatoms. The molecule has 88 valence electrons. The minimum absolute atomic E-state index is 0.424. The Labute approximate surface area is 106 Å². The van der Waals surface area contributed by atoms with Crippen LogP contribution in [-0.4, -0.2) is 0 Å². The van der Waals surface area contributed by atoms with Crippen LogP contribution in [0.5, 0.6) is 5.75 Å². The molecule has 0 saturated heterocycles. The number of anilines is 1. The molecule has 0 saturated carbocycles. The molecule has 0 fully saturated rings. The van der Waals surface area contributed by atoms with Crippen LogP contribution in [0, 0.1) is 6.92 Å². The van der Waals surface area contributed by atoms with Crippen molar-refractivity contribution in [3.05, 3.63) is 58.6 Å². The Bertz CT molecular complexity index is 525. The van der Waals surface area contributed by atoms with Crippen molar-refractivity contribution in [2.24, 2.45) is 0 Å². The molecule has 0 spiro atoms. The first-order valence-electron chi connectivity index (χ1n) is 5.39. The molecule has 2 rings (SSSR count). The fraction of sp³-hybridized carbons (Fsp3) is 0.143. The van der Waals surface area contributed by atoms with Crippen LogP contribution >= 0.6 is 11.6 Å². The molecule has 0 amide bonds. The van der Waals surface area contributed by atoms with Crippen molar-refractivity contribution >= 4 is 17.3 Å². The van der Waals surface area contributed by atoms with Gasteiger partial charge >= 0.3 is 0 Å². The zero-order chi connectivity index (χ0) is 12.3. The first kappa shape index (κ1) is 11.8. The highest BCUT2D eigenvalue weighted by atomic mass is 35.5. The lowest BCUT2D eigenvalue weighted by Crippen LogP contribution is -1.99. The molecule has 0 radical (unpaired) electrons. The molecule has 2 nitrogen and oxygen atoms in total. The third kappa shape index (κ3) is 2.92. The number of halogens is 1. The van der Waals surface area contributed by atoms with E-state index >= 15 is 0 Å². The number of rotatable bonds is 3. The molecule has 0 aliphatic carbocycles. The van der Waals surface area contributed by atoms with E-state index in [2.05, 4.69) is 0 Å². The van der Waals surface area contributed by atoms with Crippen LogP contribution in [0.4, 0.5) is 5.69 Å². The monoisotopic (exact) mass is 247 g/mol. The number of nitrogens with two attached hydrogens (primary N) is 1. The van der Waals surface area contributed by atoms with Gasteiger partial charge in [-0.2, -0.15) is 0 Å². The third-order valence-corrected chi connectivity index (χ3v) is 2.88. The van der Waals surface area contributed by atoms with E-state index in [1.165, 1.54) is 0 Å². The highest BCUT2D eigenvalue weighted by molar-refractivity contribution is 6.31. The van der Waals surface area contributed by atoms with Crippen molar-refractivity contribution in [1.29, 1.82) is 0 Å². The Kier molecular flexibility index (Phi) is 3.55. The van der Waals surface area contributed by atoms with E-state index in [9.17, 15) is 0 Å². The van der Waals surface area contributed by atoms with E-state index in [0.717, 1.165) is 11.1 Å². The molecule has 0 bridgehead atoms. The number of aryl methyl sites for hydroxylation is 1. The van der Waals surface area contributed by atoms with E-state index in [1.54, 1.807) is 0 Å². The summed E-state index contributed by atoms with van der Waals surface area (Å²) in [5.74, 6) is 0.690. The minimum atomic E-state index is 0.424. The van der Waals surface area contributed by atoms with E-state index in [-0.39, 0.29) is 0 Å². The Morgan fingerprint density at radius 1 is 1.18 bits per heavy atom. The van der Waals surface area contributed by atoms with Gasteiger partial charge in [0, 0.05) is 10.6 Å². The summed E-state index contributed by atoms with van der Waals surface area (Å²) >= 11 is 6.04. The van der Waals surface area contributed by atoms with Crippen LogP contribution in [0.1, 0.15) is 11.1 Å². The summed E-state index contributed by atoms with van der Waals surface area (Å²) in [4.78, 5) is 0. The molecular weight excluding hydrogens is 234 g/mol. The number of hydrogen-bond acceptors (Lipinski definition) is 2. The van der Waals surface area contributed by atoms with Crippen molar-refractivity contribution in [1.82, 2.24) is 0 Å². The highest BCUT2D eigenvalue weighted by Crippen LogP contribution is 2.24. The van der Waals surface area contributed by atoms with Gasteiger partial charge in [-0.25, -0.2) is 0 Å². The maximum atomic E-state index is 6.04. The molecular formula is C14H14ClNO. The molecule has 2 N–H and O–H groups in total. The smallest absolute Gasteiger partial charge is 0.142 e. The molecule has 0 aromatic heterocycles. The molecule has 2 aromatic carbocycles. The van der Waals surface area contributed by atoms with Gasteiger partial charge in [0.25, 0.3) is 0 Å². The van der Waals surface area contributed by atoms with Gasteiger partial charge in [0.05, 0.1) is 5.69 Å². The van der Waals surface area contributed by atoms with Gasteiger partial charge in [-0.05, 0) is 30.7 Å². The first-order chi connectivity index (χ1) is 8.16. The summed E-state index contributed by atoms with van der Waals surface area (Å²) in [5.41, 5.74) is 8.59. The summed E-state index contributed by atoms with van der Waals surface area (Å²) in [6, 6.07) is 13.3. The van der Waals surface area contributed by atoms with Crippen LogP contribution in [0.3, 0.4) is 0 Å². The van der Waals surface area contributed by atoms with Gasteiger partial charge in [0.1, 0.15) is 12.4 Å². The number of benzene rings is 2. The van der Waals surface area contributed by atoms with Gasteiger partial charge in [0.2, 0.25) is 0 Å². The van der Waals surface area contributed by atoms with Gasteiger partial charge in [-0.15, -0.1) is 0 Å². The van der Waals surface area contributed by atoms with Crippen molar-refractivity contribution < 1.29 is 4.74 Å². The summed E-state index contributed by atoms with van der Waals surface area (Å²) in [5, 5.41) is 0.707. The summed E-state index contributed by atoms with van der Waals surface area (Å²) < 4.78 is 5.65. The van der Waals surface area contributed by atoms with Crippen molar-refractivity contribution in [2.45, 2.75) is 13.5 Å². The van der Waals surface area contributed by atoms with Crippen LogP contribution in [-0.2, 0) is 6.61 Å². The standard InChI is InChI=1S/C14H14ClNO/c1-10-6-7-14(13(16)8-10)17-9-11-4-2-3-5-12(11)15/h2-8H,9,16H2,1H3. The quantitative estimate of drug-likeness (QED) is 0.837. The van der Waals surface area contributed by atoms with E-state index < -0.39 is 0 Å². The molecule has 2 aromatic rings. The normalized spacial score (nSPS) is 10.2. The second-order valence-electron chi connectivity index (χ2n) is 3.92. The Hall–Kier alpha value is -1.67. The molecule has 0 unspecified atom stereocenters. The van der Waals surface area contributed by atoms with Crippen LogP contribution in [0.15, 0.2) is 42.5 Å². The minimum Gasteiger partial charge on any atom is -0.487 e. The number of hydrogen-bond donors (Lipinski definition) is 1. The van der Waals surface area contributed by atoms with Crippen molar-refractivity contribution in [3.63, 3.8) is 0 Å². The van der Waals surface area contributed by atoms with Crippen molar-refractivity contribution in [3.8, 4) is 5.75 Å². The van der Waals surface area contributed by atoms with Gasteiger partial charge in [-0.1, -0.05) is 35.9 Å². The lowest BCUT2D eigenvalue weighted by Gasteiger charge is -2.10. The largest absolute Gasteiger partial charge is 0.487 e. The predicted octanol–water partition coefficient (Wildman–Crippen LogP) is 3.81. The van der Waals surface area contributed by atoms with Crippen LogP contribution in [0.2, 0.25) is 5.02 Å². The van der Waals surface area contributed by atoms with E-state index in [1.807, 2.05) is 49.4 Å². The van der Waals surface area contributed by atoms with E-state index in [4.69, 9.17) is 22.1 Å². The average Bonchev–Trinajstić information content (AvgIpc) is 2.30. The molecule has 0 heterocycles.